The van der Waals surface area contributed by atoms with E-state index in [9.17, 15) is 14.3 Å². The second kappa shape index (κ2) is 8.67. The fourth-order valence-corrected chi connectivity index (χ4v) is 3.90. The Kier molecular flexibility index (Phi) is 5.81. The first kappa shape index (κ1) is 20.1. The van der Waals surface area contributed by atoms with E-state index in [1.807, 2.05) is 30.3 Å². The van der Waals surface area contributed by atoms with Crippen LogP contribution in [0.1, 0.15) is 46.6 Å². The quantitative estimate of drug-likeness (QED) is 0.509. The molecule has 2 aromatic carbocycles. The first-order chi connectivity index (χ1) is 14.5. The number of carbonyl (C=O) groups is 1. The van der Waals surface area contributed by atoms with Crippen LogP contribution in [0.25, 0.3) is 11.1 Å². The molecule has 0 aliphatic heterocycles. The van der Waals surface area contributed by atoms with Gasteiger partial charge in [-0.3, -0.25) is 0 Å². The van der Waals surface area contributed by atoms with Gasteiger partial charge >= 0.3 is 5.97 Å². The summed E-state index contributed by atoms with van der Waals surface area (Å²) < 4.78 is 19.3. The highest BCUT2D eigenvalue weighted by Crippen LogP contribution is 2.42. The number of carboxylic acids is 1. The normalized spacial score (nSPS) is 13.5. The lowest BCUT2D eigenvalue weighted by Gasteiger charge is -2.15. The van der Waals surface area contributed by atoms with Gasteiger partial charge < -0.3 is 9.84 Å². The van der Waals surface area contributed by atoms with Gasteiger partial charge in [0.1, 0.15) is 23.9 Å². The highest BCUT2D eigenvalue weighted by atomic mass is 35.5. The summed E-state index contributed by atoms with van der Waals surface area (Å²) >= 11 is 6.12. The monoisotopic (exact) mass is 423 g/mol. The molecular formula is C24H19ClFNO3. The first-order valence-corrected chi connectivity index (χ1v) is 9.99. The van der Waals surface area contributed by atoms with Crippen molar-refractivity contribution in [2.45, 2.75) is 25.9 Å². The number of aromatic nitrogens is 1. The Morgan fingerprint density at radius 2 is 1.87 bits per heavy atom. The molecule has 4 nitrogen and oxygen atoms in total. The molecule has 0 unspecified atom stereocenters. The number of hydrogen-bond donors (Lipinski definition) is 1. The van der Waals surface area contributed by atoms with Gasteiger partial charge in [0.15, 0.2) is 0 Å². The Morgan fingerprint density at radius 3 is 2.67 bits per heavy atom. The lowest BCUT2D eigenvalue weighted by atomic mass is 9.99. The maximum Gasteiger partial charge on any atom is 0.354 e. The molecule has 1 aromatic heterocycles. The zero-order valence-corrected chi connectivity index (χ0v) is 16.8. The summed E-state index contributed by atoms with van der Waals surface area (Å²) in [6, 6.07) is 17.0. The summed E-state index contributed by atoms with van der Waals surface area (Å²) in [5, 5.41) is 9.59. The summed E-state index contributed by atoms with van der Waals surface area (Å²) in [6.07, 6.45) is 2.64. The van der Waals surface area contributed by atoms with E-state index in [2.05, 4.69) is 4.98 Å². The Labute approximate surface area is 178 Å². The van der Waals surface area contributed by atoms with Crippen LogP contribution < -0.4 is 4.74 Å². The van der Waals surface area contributed by atoms with E-state index in [1.54, 1.807) is 12.1 Å². The number of pyridine rings is 1. The third kappa shape index (κ3) is 4.21. The zero-order chi connectivity index (χ0) is 21.1. The van der Waals surface area contributed by atoms with Gasteiger partial charge in [-0.25, -0.2) is 14.2 Å². The van der Waals surface area contributed by atoms with Crippen molar-refractivity contribution in [1.82, 2.24) is 4.98 Å². The van der Waals surface area contributed by atoms with Gasteiger partial charge in [0, 0.05) is 11.1 Å². The molecule has 152 valence electrons. The number of hydrogen-bond acceptors (Lipinski definition) is 3. The molecule has 4 rings (SSSR count). The lowest BCUT2D eigenvalue weighted by Crippen LogP contribution is -2.03. The minimum atomic E-state index is -1.04. The number of carboxylic acid groups (broad SMARTS) is 1. The van der Waals surface area contributed by atoms with Crippen LogP contribution in [0.3, 0.4) is 0 Å². The highest BCUT2D eigenvalue weighted by molar-refractivity contribution is 6.31. The first-order valence-electron chi connectivity index (χ1n) is 9.62. The predicted octanol–water partition coefficient (Wildman–Crippen LogP) is 6.25. The van der Waals surface area contributed by atoms with Gasteiger partial charge in [0.25, 0.3) is 0 Å². The predicted molar refractivity (Wildman–Crippen MR) is 114 cm³/mol. The Bertz CT molecular complexity index is 1140. The van der Waals surface area contributed by atoms with E-state index < -0.39 is 5.97 Å². The number of ether oxygens (including phenoxy) is 1. The maximum absolute atomic E-state index is 13.3. The molecule has 1 aliphatic carbocycles. The van der Waals surface area contributed by atoms with Gasteiger partial charge in [-0.15, -0.1) is 0 Å². The van der Waals surface area contributed by atoms with E-state index in [0.717, 1.165) is 36.0 Å². The molecule has 6 heteroatoms. The topological polar surface area (TPSA) is 59.4 Å². The van der Waals surface area contributed by atoms with E-state index in [4.69, 9.17) is 16.3 Å². The highest BCUT2D eigenvalue weighted by Gasteiger charge is 2.22. The molecule has 0 bridgehead atoms. The molecule has 1 N–H and O–H groups in total. The van der Waals surface area contributed by atoms with Gasteiger partial charge in [0.2, 0.25) is 0 Å². The van der Waals surface area contributed by atoms with E-state index in [-0.39, 0.29) is 18.1 Å². The Balaban J connectivity index is 1.67. The minimum absolute atomic E-state index is 0.0294. The molecule has 1 heterocycles. The molecule has 0 amide bonds. The Morgan fingerprint density at radius 1 is 1.07 bits per heavy atom. The number of aromatic carboxylic acids is 1. The molecular weight excluding hydrogens is 405 g/mol. The van der Waals surface area contributed by atoms with Crippen LogP contribution >= 0.6 is 11.6 Å². The molecule has 0 saturated heterocycles. The Hall–Kier alpha value is -3.18. The molecule has 0 saturated carbocycles. The summed E-state index contributed by atoms with van der Waals surface area (Å²) in [4.78, 5) is 15.6. The van der Waals surface area contributed by atoms with Crippen molar-refractivity contribution in [3.8, 4) is 5.75 Å². The van der Waals surface area contributed by atoms with E-state index in [0.29, 0.717) is 22.0 Å². The lowest BCUT2D eigenvalue weighted by molar-refractivity contribution is 0.0690. The number of halogens is 2. The molecule has 0 fully saturated rings. The summed E-state index contributed by atoms with van der Waals surface area (Å²) in [6.45, 7) is 0.214. The minimum Gasteiger partial charge on any atom is -0.488 e. The van der Waals surface area contributed by atoms with Crippen LogP contribution in [0.5, 0.6) is 5.75 Å². The van der Waals surface area contributed by atoms with Gasteiger partial charge in [-0.05, 0) is 60.7 Å². The molecule has 30 heavy (non-hydrogen) atoms. The van der Waals surface area contributed by atoms with Crippen LogP contribution in [0.2, 0.25) is 5.02 Å². The fraction of sp³-hybridized carbons (Fsp3) is 0.167. The number of allylic oxidation sites excluding steroid dienone is 2. The van der Waals surface area contributed by atoms with Crippen LogP contribution in [0, 0.1) is 5.82 Å². The van der Waals surface area contributed by atoms with E-state index in [1.165, 1.54) is 18.2 Å². The molecule has 0 radical (unpaired) electrons. The number of para-hydroxylation sites is 1. The van der Waals surface area contributed by atoms with Crippen LogP contribution in [0.15, 0.2) is 60.7 Å². The molecule has 0 atom stereocenters. The number of rotatable bonds is 6. The summed E-state index contributed by atoms with van der Waals surface area (Å²) in [5.74, 6) is -0.736. The van der Waals surface area contributed by atoms with Gasteiger partial charge in [0.05, 0.1) is 10.7 Å². The van der Waals surface area contributed by atoms with Crippen LogP contribution in [0.4, 0.5) is 4.39 Å². The molecule has 1 aliphatic rings. The van der Waals surface area contributed by atoms with Crippen molar-refractivity contribution in [1.29, 1.82) is 0 Å². The average molecular weight is 424 g/mol. The molecule has 3 aromatic rings. The van der Waals surface area contributed by atoms with Crippen LogP contribution in [-0.4, -0.2) is 16.1 Å². The summed E-state index contributed by atoms with van der Waals surface area (Å²) in [7, 11) is 0. The largest absolute Gasteiger partial charge is 0.488 e. The zero-order valence-electron chi connectivity index (χ0n) is 16.1. The smallest absolute Gasteiger partial charge is 0.354 e. The molecule has 0 spiro atoms. The van der Waals surface area contributed by atoms with Crippen molar-refractivity contribution in [2.75, 3.05) is 0 Å². The van der Waals surface area contributed by atoms with Crippen molar-refractivity contribution in [2.24, 2.45) is 0 Å². The maximum atomic E-state index is 13.3. The average Bonchev–Trinajstić information content (AvgIpc) is 3.23. The third-order valence-electron chi connectivity index (χ3n) is 5.11. The van der Waals surface area contributed by atoms with Crippen molar-refractivity contribution in [3.63, 3.8) is 0 Å². The standard InChI is InChI=1S/C24H19ClFNO3/c25-20-13-16(26)12-11-15(20)14-30-23-10-2-1-5-19(23)17-6-3-7-18(17)21-8-4-9-22(27-21)24(28)29/h1-2,4-5,8-13H,3,6-7,14H2,(H,28,29). The van der Waals surface area contributed by atoms with Crippen molar-refractivity contribution in [3.05, 3.63) is 94.0 Å². The van der Waals surface area contributed by atoms with Crippen LogP contribution in [-0.2, 0) is 6.61 Å². The third-order valence-corrected chi connectivity index (χ3v) is 5.46. The fourth-order valence-electron chi connectivity index (χ4n) is 3.68. The summed E-state index contributed by atoms with van der Waals surface area (Å²) in [5.41, 5.74) is 4.50. The van der Waals surface area contributed by atoms with Gasteiger partial charge in [-0.1, -0.05) is 41.9 Å². The number of nitrogens with zero attached hydrogens (tertiary/aromatic N) is 1. The second-order valence-electron chi connectivity index (χ2n) is 7.04. The van der Waals surface area contributed by atoms with Gasteiger partial charge in [-0.2, -0.15) is 0 Å². The SMILES string of the molecule is O=C(O)c1cccc(C2=C(c3ccccc3OCc3ccc(F)cc3Cl)CCC2)n1. The van der Waals surface area contributed by atoms with E-state index >= 15 is 0 Å². The number of benzene rings is 2. The second-order valence-corrected chi connectivity index (χ2v) is 7.45. The van der Waals surface area contributed by atoms with Crippen molar-refractivity contribution >= 4 is 28.7 Å². The van der Waals surface area contributed by atoms with Crippen molar-refractivity contribution < 1.29 is 19.0 Å².